The molecule has 0 saturated carbocycles. The largest absolute Gasteiger partial charge is 0.496 e. The molecule has 0 radical (unpaired) electrons. The number of fused-ring (bicyclic) bond motifs is 1. The van der Waals surface area contributed by atoms with Crippen LogP contribution in [0.3, 0.4) is 0 Å². The molecule has 1 aliphatic heterocycles. The molecular weight excluding hydrogens is 474 g/mol. The molecule has 0 spiro atoms. The van der Waals surface area contributed by atoms with Crippen molar-refractivity contribution in [1.29, 1.82) is 0 Å². The fourth-order valence-corrected chi connectivity index (χ4v) is 5.63. The SMILES string of the molecule is COc1c(CCCS(N)(=O)=O)cccc1CC1CCN(CCOc2cccc3nc(C)ccc23)CC1. The first-order valence-electron chi connectivity index (χ1n) is 12.7. The number of hydrogen-bond donors (Lipinski definition) is 1. The lowest BCUT2D eigenvalue weighted by atomic mass is 9.89. The Kier molecular flexibility index (Phi) is 8.82. The Morgan fingerprint density at radius 3 is 2.56 bits per heavy atom. The molecule has 194 valence electrons. The van der Waals surface area contributed by atoms with E-state index in [0.29, 0.717) is 25.4 Å². The topological polar surface area (TPSA) is 94.8 Å². The third-order valence-corrected chi connectivity index (χ3v) is 7.83. The van der Waals surface area contributed by atoms with Gasteiger partial charge in [0, 0.05) is 17.6 Å². The number of aromatic nitrogens is 1. The standard InChI is InChI=1S/C28H37N3O4S/c1-21-11-12-25-26(30-21)9-4-10-27(25)35-18-17-31-15-13-22(14-16-31)20-24-7-3-6-23(28(24)34-2)8-5-19-36(29,32)33/h3-4,6-7,9-12,22H,5,8,13-20H2,1-2H3,(H2,29,32,33). The Balaban J connectivity index is 1.26. The summed E-state index contributed by atoms with van der Waals surface area (Å²) in [5.41, 5.74) is 4.23. The number of piperidine rings is 1. The van der Waals surface area contributed by atoms with E-state index in [1.807, 2.05) is 43.3 Å². The van der Waals surface area contributed by atoms with Crippen LogP contribution in [0.25, 0.3) is 10.9 Å². The number of nitrogens with two attached hydrogens (primary N) is 1. The van der Waals surface area contributed by atoms with Crippen molar-refractivity contribution < 1.29 is 17.9 Å². The highest BCUT2D eigenvalue weighted by Crippen LogP contribution is 2.30. The molecule has 3 aromatic rings. The summed E-state index contributed by atoms with van der Waals surface area (Å²) < 4.78 is 34.4. The average Bonchev–Trinajstić information content (AvgIpc) is 2.84. The van der Waals surface area contributed by atoms with E-state index in [-0.39, 0.29) is 5.75 Å². The van der Waals surface area contributed by atoms with E-state index in [1.165, 1.54) is 5.56 Å². The first-order valence-corrected chi connectivity index (χ1v) is 14.4. The minimum absolute atomic E-state index is 0.0143. The highest BCUT2D eigenvalue weighted by molar-refractivity contribution is 7.89. The summed E-state index contributed by atoms with van der Waals surface area (Å²) in [5.74, 6) is 2.37. The van der Waals surface area contributed by atoms with E-state index in [1.54, 1.807) is 7.11 Å². The van der Waals surface area contributed by atoms with Gasteiger partial charge in [-0.15, -0.1) is 0 Å². The Morgan fingerprint density at radius 1 is 1.06 bits per heavy atom. The maximum absolute atomic E-state index is 11.3. The zero-order valence-electron chi connectivity index (χ0n) is 21.3. The summed E-state index contributed by atoms with van der Waals surface area (Å²) in [6, 6.07) is 16.3. The molecular formula is C28H37N3O4S. The first-order chi connectivity index (χ1) is 17.3. The number of rotatable bonds is 11. The zero-order valence-corrected chi connectivity index (χ0v) is 22.1. The van der Waals surface area contributed by atoms with Crippen molar-refractivity contribution in [3.05, 3.63) is 65.4 Å². The van der Waals surface area contributed by atoms with Crippen LogP contribution in [0.4, 0.5) is 0 Å². The second-order valence-electron chi connectivity index (χ2n) is 9.69. The van der Waals surface area contributed by atoms with Crippen LogP contribution in [-0.4, -0.2) is 57.4 Å². The lowest BCUT2D eigenvalue weighted by Gasteiger charge is -2.32. The molecule has 2 N–H and O–H groups in total. The normalized spacial score (nSPS) is 15.3. The van der Waals surface area contributed by atoms with Crippen molar-refractivity contribution in [1.82, 2.24) is 9.88 Å². The molecule has 4 rings (SSSR count). The molecule has 2 aromatic carbocycles. The minimum Gasteiger partial charge on any atom is -0.496 e. The fourth-order valence-electron chi connectivity index (χ4n) is 5.09. The van der Waals surface area contributed by atoms with E-state index in [2.05, 4.69) is 22.0 Å². The van der Waals surface area contributed by atoms with Gasteiger partial charge in [-0.2, -0.15) is 0 Å². The number of methoxy groups -OCH3 is 1. The number of aryl methyl sites for hydroxylation is 2. The summed E-state index contributed by atoms with van der Waals surface area (Å²) in [6.45, 7) is 5.68. The maximum Gasteiger partial charge on any atom is 0.209 e. The van der Waals surface area contributed by atoms with Gasteiger partial charge in [0.05, 0.1) is 18.4 Å². The molecule has 1 aromatic heterocycles. The second kappa shape index (κ2) is 12.0. The van der Waals surface area contributed by atoms with Crippen molar-refractivity contribution in [3.8, 4) is 11.5 Å². The van der Waals surface area contributed by atoms with Gasteiger partial charge in [-0.1, -0.05) is 24.3 Å². The van der Waals surface area contributed by atoms with E-state index >= 15 is 0 Å². The second-order valence-corrected chi connectivity index (χ2v) is 11.4. The van der Waals surface area contributed by atoms with Gasteiger partial charge < -0.3 is 9.47 Å². The molecule has 36 heavy (non-hydrogen) atoms. The van der Waals surface area contributed by atoms with E-state index < -0.39 is 10.0 Å². The molecule has 2 heterocycles. The Bertz CT molecular complexity index is 1270. The number of para-hydroxylation sites is 1. The van der Waals surface area contributed by atoms with Crippen molar-refractivity contribution >= 4 is 20.9 Å². The Labute approximate surface area is 214 Å². The monoisotopic (exact) mass is 511 g/mol. The Morgan fingerprint density at radius 2 is 1.81 bits per heavy atom. The lowest BCUT2D eigenvalue weighted by Crippen LogP contribution is -2.37. The molecule has 0 atom stereocenters. The summed E-state index contributed by atoms with van der Waals surface area (Å²) in [6.07, 6.45) is 4.37. The van der Waals surface area contributed by atoms with E-state index in [0.717, 1.165) is 72.6 Å². The third kappa shape index (κ3) is 7.18. The first kappa shape index (κ1) is 26.4. The molecule has 0 bridgehead atoms. The highest BCUT2D eigenvalue weighted by Gasteiger charge is 2.21. The number of ether oxygens (including phenoxy) is 2. The van der Waals surface area contributed by atoms with Crippen LogP contribution in [0.15, 0.2) is 48.5 Å². The number of nitrogens with zero attached hydrogens (tertiary/aromatic N) is 2. The fraction of sp³-hybridized carbons (Fsp3) is 0.464. The smallest absolute Gasteiger partial charge is 0.209 e. The summed E-state index contributed by atoms with van der Waals surface area (Å²) in [7, 11) is -1.75. The van der Waals surface area contributed by atoms with Crippen LogP contribution in [-0.2, 0) is 22.9 Å². The van der Waals surface area contributed by atoms with Crippen molar-refractivity contribution in [2.45, 2.75) is 39.0 Å². The quantitative estimate of drug-likeness (QED) is 0.416. The summed E-state index contributed by atoms with van der Waals surface area (Å²) in [4.78, 5) is 7.07. The zero-order chi connectivity index (χ0) is 25.5. The third-order valence-electron chi connectivity index (χ3n) is 6.97. The number of likely N-dealkylation sites (tertiary alicyclic amines) is 1. The molecule has 1 fully saturated rings. The van der Waals surface area contributed by atoms with Crippen molar-refractivity contribution in [3.63, 3.8) is 0 Å². The van der Waals surface area contributed by atoms with Crippen LogP contribution < -0.4 is 14.6 Å². The van der Waals surface area contributed by atoms with Crippen LogP contribution in [0.5, 0.6) is 11.5 Å². The van der Waals surface area contributed by atoms with Gasteiger partial charge in [-0.3, -0.25) is 9.88 Å². The molecule has 1 aliphatic rings. The van der Waals surface area contributed by atoms with Crippen molar-refractivity contribution in [2.75, 3.05) is 39.1 Å². The van der Waals surface area contributed by atoms with Crippen LogP contribution in [0.1, 0.15) is 36.1 Å². The van der Waals surface area contributed by atoms with Gasteiger partial charge in [-0.25, -0.2) is 13.6 Å². The van der Waals surface area contributed by atoms with Gasteiger partial charge in [0.15, 0.2) is 0 Å². The van der Waals surface area contributed by atoms with E-state index in [4.69, 9.17) is 14.6 Å². The maximum atomic E-state index is 11.3. The molecule has 0 unspecified atom stereocenters. The molecule has 0 amide bonds. The number of hydrogen-bond acceptors (Lipinski definition) is 6. The minimum atomic E-state index is -3.44. The number of sulfonamides is 1. The summed E-state index contributed by atoms with van der Waals surface area (Å²) >= 11 is 0. The number of benzene rings is 2. The van der Waals surface area contributed by atoms with Gasteiger partial charge >= 0.3 is 0 Å². The lowest BCUT2D eigenvalue weighted by molar-refractivity contribution is 0.155. The van der Waals surface area contributed by atoms with Gasteiger partial charge in [-0.05, 0) is 93.4 Å². The molecule has 1 saturated heterocycles. The Hall–Kier alpha value is -2.68. The number of primary sulfonamides is 1. The van der Waals surface area contributed by atoms with Crippen LogP contribution in [0.2, 0.25) is 0 Å². The van der Waals surface area contributed by atoms with Crippen LogP contribution in [0, 0.1) is 12.8 Å². The van der Waals surface area contributed by atoms with E-state index in [9.17, 15) is 8.42 Å². The van der Waals surface area contributed by atoms with Gasteiger partial charge in [0.1, 0.15) is 18.1 Å². The molecule has 8 heteroatoms. The molecule has 7 nitrogen and oxygen atoms in total. The predicted octanol–water partition coefficient (Wildman–Crippen LogP) is 4.11. The summed E-state index contributed by atoms with van der Waals surface area (Å²) in [5, 5.41) is 6.21. The average molecular weight is 512 g/mol. The number of pyridine rings is 1. The molecule has 0 aliphatic carbocycles. The van der Waals surface area contributed by atoms with Gasteiger partial charge in [0.25, 0.3) is 0 Å². The predicted molar refractivity (Wildman–Crippen MR) is 144 cm³/mol. The van der Waals surface area contributed by atoms with Crippen molar-refractivity contribution in [2.24, 2.45) is 11.1 Å². The highest BCUT2D eigenvalue weighted by atomic mass is 32.2. The van der Waals surface area contributed by atoms with Crippen LogP contribution >= 0.6 is 0 Å². The van der Waals surface area contributed by atoms with Gasteiger partial charge in [0.2, 0.25) is 10.0 Å².